The van der Waals surface area contributed by atoms with Gasteiger partial charge in [-0.05, 0) is 32.1 Å². The topological polar surface area (TPSA) is 111 Å². The maximum atomic E-state index is 11.5. The van der Waals surface area contributed by atoms with Gasteiger partial charge in [-0.1, -0.05) is 115 Å². The second-order valence-electron chi connectivity index (χ2n) is 10.2. The molecule has 4 N–H and O–H groups in total. The fraction of sp³-hybridized carbons (Fsp3) is 0.931. The van der Waals surface area contributed by atoms with Crippen molar-refractivity contribution in [1.82, 2.24) is 0 Å². The van der Waals surface area contributed by atoms with Crippen LogP contribution in [0.25, 0.3) is 0 Å². The number of hydrogen-bond acceptors (Lipinski definition) is 6. The highest BCUT2D eigenvalue weighted by atomic mass is 31.2. The van der Waals surface area contributed by atoms with Gasteiger partial charge in [0.15, 0.2) is 0 Å². The van der Waals surface area contributed by atoms with E-state index in [1.807, 2.05) is 0 Å². The van der Waals surface area contributed by atoms with Crippen LogP contribution in [0.15, 0.2) is 12.2 Å². The van der Waals surface area contributed by atoms with Crippen molar-refractivity contribution in [3.05, 3.63) is 12.2 Å². The lowest BCUT2D eigenvalue weighted by Gasteiger charge is -2.15. The minimum Gasteiger partial charge on any atom is -0.388 e. The average Bonchev–Trinajstić information content (AvgIpc) is 2.89. The van der Waals surface area contributed by atoms with Crippen molar-refractivity contribution in [2.45, 2.75) is 141 Å². The van der Waals surface area contributed by atoms with Gasteiger partial charge in [0, 0.05) is 13.2 Å². The Bertz CT molecular complexity index is 535. The maximum absolute atomic E-state index is 11.5. The summed E-state index contributed by atoms with van der Waals surface area (Å²) in [5, 5.41) is 9.75. The number of rotatable bonds is 30. The van der Waals surface area contributed by atoms with E-state index in [0.717, 1.165) is 12.8 Å². The van der Waals surface area contributed by atoms with Gasteiger partial charge in [0.1, 0.15) is 6.10 Å². The molecule has 0 radical (unpaired) electrons. The Morgan fingerprint density at radius 1 is 0.676 bits per heavy atom. The first-order chi connectivity index (χ1) is 18.0. The minimum atomic E-state index is -4.14. The lowest BCUT2D eigenvalue weighted by molar-refractivity contribution is 0.00230. The normalized spacial score (nSPS) is 14.4. The number of allylic oxidation sites excluding steroid dienone is 2. The van der Waals surface area contributed by atoms with Crippen LogP contribution < -0.4 is 5.73 Å². The number of phosphoric ester groups is 1. The first-order valence-corrected chi connectivity index (χ1v) is 16.7. The molecule has 0 aromatic carbocycles. The van der Waals surface area contributed by atoms with Crippen molar-refractivity contribution in [1.29, 1.82) is 0 Å². The molecule has 0 aliphatic heterocycles. The van der Waals surface area contributed by atoms with E-state index >= 15 is 0 Å². The van der Waals surface area contributed by atoms with E-state index < -0.39 is 13.9 Å². The average molecular weight is 550 g/mol. The van der Waals surface area contributed by atoms with E-state index in [-0.39, 0.29) is 26.4 Å². The summed E-state index contributed by atoms with van der Waals surface area (Å²) in [6.07, 6.45) is 30.1. The van der Waals surface area contributed by atoms with Crippen LogP contribution in [0.1, 0.15) is 135 Å². The van der Waals surface area contributed by atoms with E-state index in [2.05, 4.69) is 23.6 Å². The molecule has 0 aliphatic rings. The van der Waals surface area contributed by atoms with Crippen molar-refractivity contribution in [3.63, 3.8) is 0 Å². The SMILES string of the molecule is CCCCCCCCCC/C=C\CCCCCCCCCCCCOCC(O)COP(=O)(O)OCCN. The molecule has 0 amide bonds. The number of unbranched alkanes of at least 4 members (excludes halogenated alkanes) is 18. The Kier molecular flexibility index (Phi) is 28.5. The van der Waals surface area contributed by atoms with Crippen molar-refractivity contribution in [3.8, 4) is 0 Å². The molecule has 2 atom stereocenters. The quantitative estimate of drug-likeness (QED) is 0.0475. The molecule has 0 heterocycles. The van der Waals surface area contributed by atoms with Crippen LogP contribution in [0.2, 0.25) is 0 Å². The molecule has 0 rings (SSSR count). The fourth-order valence-corrected chi connectivity index (χ4v) is 4.94. The van der Waals surface area contributed by atoms with Crippen LogP contribution in [0.5, 0.6) is 0 Å². The molecule has 0 saturated heterocycles. The van der Waals surface area contributed by atoms with Crippen molar-refractivity contribution in [2.24, 2.45) is 5.73 Å². The van der Waals surface area contributed by atoms with Crippen LogP contribution in [0.4, 0.5) is 0 Å². The Hall–Kier alpha value is -0.270. The molecule has 0 aromatic heterocycles. The predicted octanol–water partition coefficient (Wildman–Crippen LogP) is 7.83. The van der Waals surface area contributed by atoms with Crippen LogP contribution in [-0.2, 0) is 18.3 Å². The predicted molar refractivity (Wildman–Crippen MR) is 155 cm³/mol. The third-order valence-corrected chi connectivity index (χ3v) is 7.40. The van der Waals surface area contributed by atoms with E-state index in [1.54, 1.807) is 0 Å². The molecular formula is C29H60NO6P. The van der Waals surface area contributed by atoms with Crippen molar-refractivity contribution in [2.75, 3.05) is 33.0 Å². The summed E-state index contributed by atoms with van der Waals surface area (Å²) in [7, 11) is -4.14. The zero-order valence-corrected chi connectivity index (χ0v) is 24.9. The highest BCUT2D eigenvalue weighted by Crippen LogP contribution is 2.42. The lowest BCUT2D eigenvalue weighted by Crippen LogP contribution is -2.22. The first kappa shape index (κ1) is 36.7. The second kappa shape index (κ2) is 28.7. The van der Waals surface area contributed by atoms with Crippen LogP contribution in [0.3, 0.4) is 0 Å². The smallest absolute Gasteiger partial charge is 0.388 e. The summed E-state index contributed by atoms with van der Waals surface area (Å²) in [5.74, 6) is 0. The fourth-order valence-electron chi connectivity index (χ4n) is 4.17. The second-order valence-corrected chi connectivity index (χ2v) is 11.6. The number of ether oxygens (including phenoxy) is 1. The molecule has 0 bridgehead atoms. The minimum absolute atomic E-state index is 0.0717. The van der Waals surface area contributed by atoms with Crippen LogP contribution in [0, 0.1) is 0 Å². The summed E-state index contributed by atoms with van der Waals surface area (Å²) in [6.45, 7) is 2.67. The first-order valence-electron chi connectivity index (χ1n) is 15.2. The van der Waals surface area contributed by atoms with Gasteiger partial charge in [-0.25, -0.2) is 4.57 Å². The molecule has 0 aromatic rings. The highest BCUT2D eigenvalue weighted by molar-refractivity contribution is 7.47. The van der Waals surface area contributed by atoms with Crippen LogP contribution >= 0.6 is 7.82 Å². The van der Waals surface area contributed by atoms with E-state index in [4.69, 9.17) is 15.0 Å². The van der Waals surface area contributed by atoms with Gasteiger partial charge in [-0.2, -0.15) is 0 Å². The van der Waals surface area contributed by atoms with Crippen molar-refractivity contribution >= 4 is 7.82 Å². The van der Waals surface area contributed by atoms with E-state index in [9.17, 15) is 14.6 Å². The molecule has 222 valence electrons. The van der Waals surface area contributed by atoms with Gasteiger partial charge in [0.25, 0.3) is 0 Å². The molecule has 0 spiro atoms. The van der Waals surface area contributed by atoms with Gasteiger partial charge in [0.05, 0.1) is 19.8 Å². The molecule has 7 nitrogen and oxygen atoms in total. The Balaban J connectivity index is 3.25. The summed E-state index contributed by atoms with van der Waals surface area (Å²) >= 11 is 0. The van der Waals surface area contributed by atoms with Gasteiger partial charge in [-0.15, -0.1) is 0 Å². The number of hydrogen-bond donors (Lipinski definition) is 3. The molecular weight excluding hydrogens is 489 g/mol. The van der Waals surface area contributed by atoms with Gasteiger partial charge < -0.3 is 20.5 Å². The highest BCUT2D eigenvalue weighted by Gasteiger charge is 2.22. The van der Waals surface area contributed by atoms with Gasteiger partial charge in [0.2, 0.25) is 0 Å². The lowest BCUT2D eigenvalue weighted by atomic mass is 10.1. The summed E-state index contributed by atoms with van der Waals surface area (Å²) in [6, 6.07) is 0. The zero-order chi connectivity index (χ0) is 27.3. The number of phosphoric acid groups is 1. The molecule has 37 heavy (non-hydrogen) atoms. The Labute approximate surface area is 228 Å². The Morgan fingerprint density at radius 3 is 1.62 bits per heavy atom. The standard InChI is InChI=1S/C29H60NO6P/c1-2-3-4-5-6-7-8-9-10-11-12-13-14-15-16-17-18-19-20-21-22-23-25-34-27-29(31)28-36-37(32,33)35-26-24-30/h11-12,29,31H,2-10,13-28,30H2,1H3,(H,32,33)/b12-11-. The third-order valence-electron chi connectivity index (χ3n) is 6.41. The summed E-state index contributed by atoms with van der Waals surface area (Å²) in [4.78, 5) is 9.36. The summed E-state index contributed by atoms with van der Waals surface area (Å²) < 4.78 is 26.2. The zero-order valence-electron chi connectivity index (χ0n) is 24.0. The van der Waals surface area contributed by atoms with E-state index in [0.29, 0.717) is 6.61 Å². The molecule has 0 aliphatic carbocycles. The van der Waals surface area contributed by atoms with Gasteiger partial charge in [-0.3, -0.25) is 9.05 Å². The summed E-state index contributed by atoms with van der Waals surface area (Å²) in [5.41, 5.74) is 5.20. The van der Waals surface area contributed by atoms with E-state index in [1.165, 1.54) is 116 Å². The largest absolute Gasteiger partial charge is 0.472 e. The number of nitrogens with two attached hydrogens (primary N) is 1. The number of aliphatic hydroxyl groups is 1. The maximum Gasteiger partial charge on any atom is 0.472 e. The third kappa shape index (κ3) is 30.1. The monoisotopic (exact) mass is 549 g/mol. The van der Waals surface area contributed by atoms with Crippen molar-refractivity contribution < 1.29 is 28.3 Å². The van der Waals surface area contributed by atoms with Gasteiger partial charge >= 0.3 is 7.82 Å². The number of aliphatic hydroxyl groups excluding tert-OH is 1. The van der Waals surface area contributed by atoms with Crippen LogP contribution in [-0.4, -0.2) is 49.1 Å². The Morgan fingerprint density at radius 2 is 1.14 bits per heavy atom. The molecule has 0 fully saturated rings. The molecule has 8 heteroatoms. The molecule has 0 saturated carbocycles. The molecule has 2 unspecified atom stereocenters.